The van der Waals surface area contributed by atoms with Gasteiger partial charge in [0.1, 0.15) is 17.7 Å². The molecule has 2 aliphatic heterocycles. The number of Topliss-reactive ketones (excluding diaryl/α,β-unsaturated/α-hetero) is 1. The zero-order valence-electron chi connectivity index (χ0n) is 15.6. The highest BCUT2D eigenvalue weighted by atomic mass is 32.2. The number of nitrogens with one attached hydrogen (secondary N) is 1. The van der Waals surface area contributed by atoms with Crippen molar-refractivity contribution in [3.8, 4) is 0 Å². The van der Waals surface area contributed by atoms with Crippen LogP contribution in [0.15, 0.2) is 41.6 Å². The number of carbonyl (C=O) groups excluding carboxylic acids is 4. The molecule has 29 heavy (non-hydrogen) atoms. The molecule has 0 saturated carbocycles. The van der Waals surface area contributed by atoms with E-state index in [0.29, 0.717) is 0 Å². The summed E-state index contributed by atoms with van der Waals surface area (Å²) in [5.41, 5.74) is -1.76. The first-order valence-corrected chi connectivity index (χ1v) is 9.67. The van der Waals surface area contributed by atoms with Gasteiger partial charge in [-0.25, -0.2) is 4.79 Å². The Balaban J connectivity index is 2.03. The fourth-order valence-corrected chi connectivity index (χ4v) is 4.84. The van der Waals surface area contributed by atoms with Crippen molar-refractivity contribution in [2.45, 2.75) is 24.8 Å². The summed E-state index contributed by atoms with van der Waals surface area (Å²) in [6.45, 7) is 2.10. The number of hydrogen-bond donors (Lipinski definition) is 2. The Hall–Kier alpha value is -3.14. The molecular formula is C19H18N2O7S. The van der Waals surface area contributed by atoms with Gasteiger partial charge >= 0.3 is 11.9 Å². The summed E-state index contributed by atoms with van der Waals surface area (Å²) in [7, 11) is 0. The first-order chi connectivity index (χ1) is 13.7. The van der Waals surface area contributed by atoms with Crippen LogP contribution in [0.5, 0.6) is 0 Å². The van der Waals surface area contributed by atoms with Crippen LogP contribution in [0.3, 0.4) is 0 Å². The number of thioether (sulfide) groups is 1. The van der Waals surface area contributed by atoms with Crippen molar-refractivity contribution in [3.63, 3.8) is 0 Å². The average Bonchev–Trinajstić information content (AvgIpc) is 2.69. The predicted molar refractivity (Wildman–Crippen MR) is 102 cm³/mol. The topological polar surface area (TPSA) is 130 Å². The molecule has 2 N–H and O–H groups in total. The van der Waals surface area contributed by atoms with Gasteiger partial charge in [-0.15, -0.1) is 11.8 Å². The molecule has 0 aromatic heterocycles. The maximum Gasteiger partial charge on any atom is 0.352 e. The molecule has 1 aromatic carbocycles. The lowest BCUT2D eigenvalue weighted by Gasteiger charge is -2.56. The molecular weight excluding hydrogens is 400 g/mol. The number of amides is 2. The van der Waals surface area contributed by atoms with Crippen LogP contribution in [-0.4, -0.2) is 62.8 Å². The molecule has 2 heterocycles. The third-order valence-corrected chi connectivity index (χ3v) is 5.97. The minimum Gasteiger partial charge on any atom is -0.477 e. The van der Waals surface area contributed by atoms with E-state index < -0.39 is 40.4 Å². The lowest BCUT2D eigenvalue weighted by Crippen LogP contribution is -2.82. The van der Waals surface area contributed by atoms with Crippen molar-refractivity contribution in [1.29, 1.82) is 0 Å². The van der Waals surface area contributed by atoms with Crippen molar-refractivity contribution in [1.82, 2.24) is 10.2 Å². The van der Waals surface area contributed by atoms with Gasteiger partial charge in [-0.1, -0.05) is 30.3 Å². The SMILES string of the molecule is CC(=O)N[C@@]1(C(=O)c2ccccc2)C(=O)N2C(C(=O)O)=C(COC(C)=O)CS[C@@H]21. The zero-order valence-corrected chi connectivity index (χ0v) is 16.4. The summed E-state index contributed by atoms with van der Waals surface area (Å²) >= 11 is 1.13. The average molecular weight is 418 g/mol. The Morgan fingerprint density at radius 2 is 1.90 bits per heavy atom. The number of aliphatic carboxylic acids is 1. The molecule has 0 spiro atoms. The smallest absolute Gasteiger partial charge is 0.352 e. The molecule has 0 bridgehead atoms. The molecule has 0 unspecified atom stereocenters. The summed E-state index contributed by atoms with van der Waals surface area (Å²) in [5.74, 6) is -3.89. The quantitative estimate of drug-likeness (QED) is 0.297. The van der Waals surface area contributed by atoms with E-state index in [9.17, 15) is 29.1 Å². The van der Waals surface area contributed by atoms with Crippen LogP contribution in [0.1, 0.15) is 24.2 Å². The number of carboxylic acids is 1. The second-order valence-electron chi connectivity index (χ2n) is 6.56. The first-order valence-electron chi connectivity index (χ1n) is 8.62. The molecule has 152 valence electrons. The van der Waals surface area contributed by atoms with E-state index in [2.05, 4.69) is 5.32 Å². The molecule has 2 aliphatic rings. The Labute approximate surface area is 170 Å². The van der Waals surface area contributed by atoms with Gasteiger partial charge in [-0.3, -0.25) is 24.1 Å². The van der Waals surface area contributed by atoms with E-state index in [-0.39, 0.29) is 29.2 Å². The van der Waals surface area contributed by atoms with Crippen molar-refractivity contribution >= 4 is 41.3 Å². The Morgan fingerprint density at radius 3 is 2.45 bits per heavy atom. The number of ketones is 1. The fourth-order valence-electron chi connectivity index (χ4n) is 3.40. The largest absolute Gasteiger partial charge is 0.477 e. The standard InChI is InChI=1S/C19H18N2O7S/c1-10(22)20-19(15(24)12-6-4-3-5-7-12)17(27)21-14(16(25)26)13(8-28-11(2)23)9-29-18(19)21/h3-7,18H,8-9H2,1-2H3,(H,20,22)(H,25,26)/t18-,19+/m1/s1. The Kier molecular flexibility index (Phi) is 5.47. The molecule has 0 aliphatic carbocycles. The van der Waals surface area contributed by atoms with Gasteiger partial charge in [0.05, 0.1) is 0 Å². The second kappa shape index (κ2) is 7.70. The van der Waals surface area contributed by atoms with Gasteiger partial charge in [0.25, 0.3) is 5.91 Å². The van der Waals surface area contributed by atoms with E-state index >= 15 is 0 Å². The molecule has 1 fully saturated rings. The molecule has 1 aromatic rings. The molecule has 2 amide bonds. The van der Waals surface area contributed by atoms with Crippen LogP contribution in [0, 0.1) is 0 Å². The highest BCUT2D eigenvalue weighted by Gasteiger charge is 2.69. The van der Waals surface area contributed by atoms with Crippen LogP contribution in [0.2, 0.25) is 0 Å². The number of ether oxygens (including phenoxy) is 1. The normalized spacial score (nSPS) is 23.0. The number of benzene rings is 1. The first kappa shape index (κ1) is 20.6. The number of carboxylic acid groups (broad SMARTS) is 1. The molecule has 0 radical (unpaired) electrons. The number of nitrogens with zero attached hydrogens (tertiary/aromatic N) is 1. The van der Waals surface area contributed by atoms with Gasteiger partial charge in [0, 0.05) is 30.7 Å². The predicted octanol–water partition coefficient (Wildman–Crippen LogP) is 0.561. The molecule has 2 atom stereocenters. The minimum atomic E-state index is -1.90. The number of fused-ring (bicyclic) bond motifs is 1. The zero-order chi connectivity index (χ0) is 21.3. The van der Waals surface area contributed by atoms with Crippen LogP contribution in [0.25, 0.3) is 0 Å². The van der Waals surface area contributed by atoms with E-state index in [1.54, 1.807) is 18.2 Å². The maximum absolute atomic E-state index is 13.2. The van der Waals surface area contributed by atoms with Crippen LogP contribution in [0.4, 0.5) is 0 Å². The van der Waals surface area contributed by atoms with Crippen molar-refractivity contribution in [3.05, 3.63) is 47.2 Å². The maximum atomic E-state index is 13.2. The monoisotopic (exact) mass is 418 g/mol. The number of hydrogen-bond acceptors (Lipinski definition) is 7. The van der Waals surface area contributed by atoms with Crippen molar-refractivity contribution in [2.75, 3.05) is 12.4 Å². The highest BCUT2D eigenvalue weighted by Crippen LogP contribution is 2.47. The summed E-state index contributed by atoms with van der Waals surface area (Å²) in [5, 5.41) is 11.2. The number of carbonyl (C=O) groups is 5. The van der Waals surface area contributed by atoms with Gasteiger partial charge in [-0.05, 0) is 0 Å². The van der Waals surface area contributed by atoms with Crippen molar-refractivity contribution < 1.29 is 33.8 Å². The van der Waals surface area contributed by atoms with Crippen molar-refractivity contribution in [2.24, 2.45) is 0 Å². The lowest BCUT2D eigenvalue weighted by molar-refractivity contribution is -0.155. The van der Waals surface area contributed by atoms with E-state index in [4.69, 9.17) is 4.74 Å². The number of esters is 1. The van der Waals surface area contributed by atoms with E-state index in [0.717, 1.165) is 16.7 Å². The molecule has 1 saturated heterocycles. The summed E-state index contributed by atoms with van der Waals surface area (Å²) < 4.78 is 4.89. The van der Waals surface area contributed by atoms with Crippen LogP contribution < -0.4 is 5.32 Å². The summed E-state index contributed by atoms with van der Waals surface area (Å²) in [6, 6.07) is 8.01. The minimum absolute atomic E-state index is 0.118. The van der Waals surface area contributed by atoms with Crippen LogP contribution >= 0.6 is 11.8 Å². The van der Waals surface area contributed by atoms with Gasteiger partial charge in [0.15, 0.2) is 0 Å². The highest BCUT2D eigenvalue weighted by molar-refractivity contribution is 8.00. The summed E-state index contributed by atoms with van der Waals surface area (Å²) in [6.07, 6.45) is 0. The Bertz CT molecular complexity index is 943. The van der Waals surface area contributed by atoms with Crippen LogP contribution in [-0.2, 0) is 23.9 Å². The molecule has 9 nitrogen and oxygen atoms in total. The van der Waals surface area contributed by atoms with Gasteiger partial charge in [0.2, 0.25) is 17.2 Å². The van der Waals surface area contributed by atoms with Gasteiger partial charge < -0.3 is 15.2 Å². The van der Waals surface area contributed by atoms with E-state index in [1.807, 2.05) is 0 Å². The number of β-lactam (4-membered cyclic amide) rings is 1. The molecule has 3 rings (SSSR count). The lowest BCUT2D eigenvalue weighted by atomic mass is 9.79. The number of rotatable bonds is 6. The van der Waals surface area contributed by atoms with Gasteiger partial charge in [-0.2, -0.15) is 0 Å². The fraction of sp³-hybridized carbons (Fsp3) is 0.316. The van der Waals surface area contributed by atoms with E-state index in [1.165, 1.54) is 26.0 Å². The third kappa shape index (κ3) is 3.39. The Morgan fingerprint density at radius 1 is 1.24 bits per heavy atom. The third-order valence-electron chi connectivity index (χ3n) is 4.57. The molecule has 10 heteroatoms. The second-order valence-corrected chi connectivity index (χ2v) is 7.63. The summed E-state index contributed by atoms with van der Waals surface area (Å²) in [4.78, 5) is 62.1.